The third-order valence-corrected chi connectivity index (χ3v) is 2.42. The molecular formula is C11H16N4. The number of aromatic nitrogens is 1. The van der Waals surface area contributed by atoms with Crippen molar-refractivity contribution in [1.82, 2.24) is 9.88 Å². The van der Waals surface area contributed by atoms with Crippen LogP contribution in [0.15, 0.2) is 18.3 Å². The molecule has 4 heteroatoms. The summed E-state index contributed by atoms with van der Waals surface area (Å²) < 4.78 is 0. The quantitative estimate of drug-likeness (QED) is 0.805. The average molecular weight is 204 g/mol. The fourth-order valence-corrected chi connectivity index (χ4v) is 1.26. The summed E-state index contributed by atoms with van der Waals surface area (Å²) in [4.78, 5) is 6.15. The average Bonchev–Trinajstić information content (AvgIpc) is 2.22. The lowest BCUT2D eigenvalue weighted by Crippen LogP contribution is -2.28. The van der Waals surface area contributed by atoms with E-state index >= 15 is 0 Å². The number of nitrogen functional groups attached to an aromatic ring is 1. The van der Waals surface area contributed by atoms with Crippen LogP contribution in [0.2, 0.25) is 0 Å². The van der Waals surface area contributed by atoms with Crippen molar-refractivity contribution in [3.63, 3.8) is 0 Å². The predicted octanol–water partition coefficient (Wildman–Crippen LogP) is 1.40. The number of hydrogen-bond donors (Lipinski definition) is 1. The molecule has 4 nitrogen and oxygen atoms in total. The van der Waals surface area contributed by atoms with Crippen LogP contribution >= 0.6 is 0 Å². The number of nitrogens with two attached hydrogens (primary N) is 1. The highest BCUT2D eigenvalue weighted by Gasteiger charge is 2.08. The first-order chi connectivity index (χ1) is 7.13. The van der Waals surface area contributed by atoms with Crippen LogP contribution in [-0.2, 0) is 6.54 Å². The zero-order valence-corrected chi connectivity index (χ0v) is 9.14. The van der Waals surface area contributed by atoms with E-state index in [4.69, 9.17) is 11.0 Å². The molecule has 0 aliphatic heterocycles. The van der Waals surface area contributed by atoms with Crippen molar-refractivity contribution in [3.05, 3.63) is 23.9 Å². The van der Waals surface area contributed by atoms with Crippen molar-refractivity contribution in [2.24, 2.45) is 0 Å². The second-order valence-corrected chi connectivity index (χ2v) is 3.72. The van der Waals surface area contributed by atoms with Gasteiger partial charge < -0.3 is 5.73 Å². The molecule has 1 atom stereocenters. The fourth-order valence-electron chi connectivity index (χ4n) is 1.26. The number of hydrogen-bond acceptors (Lipinski definition) is 4. The van der Waals surface area contributed by atoms with E-state index in [1.807, 2.05) is 20.0 Å². The van der Waals surface area contributed by atoms with E-state index in [0.717, 1.165) is 12.1 Å². The van der Waals surface area contributed by atoms with Crippen molar-refractivity contribution in [2.45, 2.75) is 25.9 Å². The third-order valence-electron chi connectivity index (χ3n) is 2.42. The molecule has 0 aliphatic carbocycles. The number of nitriles is 1. The highest BCUT2D eigenvalue weighted by atomic mass is 15.1. The Hall–Kier alpha value is -1.60. The minimum atomic E-state index is 0.257. The van der Waals surface area contributed by atoms with E-state index in [1.54, 1.807) is 12.3 Å². The Labute approximate surface area is 90.3 Å². The molecule has 1 aromatic rings. The van der Waals surface area contributed by atoms with E-state index in [2.05, 4.69) is 16.0 Å². The van der Waals surface area contributed by atoms with E-state index in [9.17, 15) is 0 Å². The van der Waals surface area contributed by atoms with Crippen LogP contribution in [0, 0.1) is 11.3 Å². The van der Waals surface area contributed by atoms with Gasteiger partial charge in [0.1, 0.15) is 5.82 Å². The molecule has 1 rings (SSSR count). The lowest BCUT2D eigenvalue weighted by atomic mass is 10.2. The Morgan fingerprint density at radius 1 is 1.60 bits per heavy atom. The predicted molar refractivity (Wildman–Crippen MR) is 59.8 cm³/mol. The number of nitrogens with zero attached hydrogens (tertiary/aromatic N) is 3. The smallest absolute Gasteiger partial charge is 0.123 e. The van der Waals surface area contributed by atoms with Crippen LogP contribution in [0.5, 0.6) is 0 Å². The third kappa shape index (κ3) is 3.56. The minimum Gasteiger partial charge on any atom is -0.384 e. The maximum Gasteiger partial charge on any atom is 0.123 e. The van der Waals surface area contributed by atoms with Gasteiger partial charge in [-0.3, -0.25) is 4.90 Å². The maximum atomic E-state index is 8.58. The first-order valence-electron chi connectivity index (χ1n) is 4.91. The highest BCUT2D eigenvalue weighted by molar-refractivity contribution is 5.29. The lowest BCUT2D eigenvalue weighted by molar-refractivity contribution is 0.252. The van der Waals surface area contributed by atoms with E-state index in [0.29, 0.717) is 12.2 Å². The van der Waals surface area contributed by atoms with Crippen LogP contribution < -0.4 is 5.73 Å². The summed E-state index contributed by atoms with van der Waals surface area (Å²) in [5, 5.41) is 8.58. The molecule has 0 aromatic carbocycles. The molecule has 0 saturated carbocycles. The van der Waals surface area contributed by atoms with Crippen LogP contribution in [0.25, 0.3) is 0 Å². The van der Waals surface area contributed by atoms with Gasteiger partial charge >= 0.3 is 0 Å². The molecule has 15 heavy (non-hydrogen) atoms. The zero-order chi connectivity index (χ0) is 11.3. The van der Waals surface area contributed by atoms with Gasteiger partial charge in [0.2, 0.25) is 0 Å². The Morgan fingerprint density at radius 2 is 2.33 bits per heavy atom. The Balaban J connectivity index is 2.55. The topological polar surface area (TPSA) is 65.9 Å². The second kappa shape index (κ2) is 5.32. The van der Waals surface area contributed by atoms with Gasteiger partial charge in [0.05, 0.1) is 12.5 Å². The van der Waals surface area contributed by atoms with E-state index in [1.165, 1.54) is 0 Å². The summed E-state index contributed by atoms with van der Waals surface area (Å²) in [6, 6.07) is 6.17. The van der Waals surface area contributed by atoms with Gasteiger partial charge in [0.15, 0.2) is 0 Å². The van der Waals surface area contributed by atoms with E-state index < -0.39 is 0 Å². The molecule has 2 N–H and O–H groups in total. The normalized spacial score (nSPS) is 12.4. The maximum absolute atomic E-state index is 8.58. The molecule has 0 radical (unpaired) electrons. The Bertz CT molecular complexity index is 339. The number of rotatable bonds is 4. The molecule has 0 spiro atoms. The number of pyridine rings is 1. The molecule has 1 aromatic heterocycles. The Kier molecular flexibility index (Phi) is 4.07. The largest absolute Gasteiger partial charge is 0.384 e. The molecule has 0 aliphatic rings. The van der Waals surface area contributed by atoms with Gasteiger partial charge in [-0.2, -0.15) is 5.26 Å². The van der Waals surface area contributed by atoms with Gasteiger partial charge in [-0.25, -0.2) is 4.98 Å². The van der Waals surface area contributed by atoms with Gasteiger partial charge in [-0.05, 0) is 25.6 Å². The van der Waals surface area contributed by atoms with Crippen LogP contribution in [-0.4, -0.2) is 23.0 Å². The van der Waals surface area contributed by atoms with Crippen molar-refractivity contribution in [1.29, 1.82) is 5.26 Å². The summed E-state index contributed by atoms with van der Waals surface area (Å²) in [7, 11) is 2.00. The molecule has 0 fully saturated rings. The molecule has 0 bridgehead atoms. The standard InChI is InChI=1S/C11H16N4/c1-9(5-6-12)15(2)8-10-3-4-11(13)14-7-10/h3-4,7,9H,5,8H2,1-2H3,(H2,13,14). The zero-order valence-electron chi connectivity index (χ0n) is 9.14. The fraction of sp³-hybridized carbons (Fsp3) is 0.455. The van der Waals surface area contributed by atoms with Gasteiger partial charge in [-0.15, -0.1) is 0 Å². The molecule has 0 amide bonds. The first kappa shape index (κ1) is 11.5. The molecular weight excluding hydrogens is 188 g/mol. The van der Waals surface area contributed by atoms with Gasteiger partial charge in [0, 0.05) is 18.8 Å². The minimum absolute atomic E-state index is 0.257. The summed E-state index contributed by atoms with van der Waals surface area (Å²) in [5.74, 6) is 0.534. The van der Waals surface area contributed by atoms with Crippen molar-refractivity contribution in [2.75, 3.05) is 12.8 Å². The summed E-state index contributed by atoms with van der Waals surface area (Å²) >= 11 is 0. The van der Waals surface area contributed by atoms with Crippen molar-refractivity contribution < 1.29 is 0 Å². The van der Waals surface area contributed by atoms with Crippen molar-refractivity contribution >= 4 is 5.82 Å². The van der Waals surface area contributed by atoms with Crippen LogP contribution in [0.3, 0.4) is 0 Å². The number of anilines is 1. The van der Waals surface area contributed by atoms with Gasteiger partial charge in [-0.1, -0.05) is 6.07 Å². The molecule has 1 heterocycles. The summed E-state index contributed by atoms with van der Waals surface area (Å²) in [5.41, 5.74) is 6.61. The SMILES string of the molecule is CC(CC#N)N(C)Cc1ccc(N)nc1. The van der Waals surface area contributed by atoms with Gasteiger partial charge in [0.25, 0.3) is 0 Å². The first-order valence-corrected chi connectivity index (χ1v) is 4.91. The Morgan fingerprint density at radius 3 is 2.87 bits per heavy atom. The highest BCUT2D eigenvalue weighted by Crippen LogP contribution is 2.08. The summed E-state index contributed by atoms with van der Waals surface area (Å²) in [6.07, 6.45) is 2.31. The van der Waals surface area contributed by atoms with Crippen molar-refractivity contribution in [3.8, 4) is 6.07 Å². The molecule has 1 unspecified atom stereocenters. The lowest BCUT2D eigenvalue weighted by Gasteiger charge is -2.22. The van der Waals surface area contributed by atoms with E-state index in [-0.39, 0.29) is 6.04 Å². The second-order valence-electron chi connectivity index (χ2n) is 3.72. The monoisotopic (exact) mass is 204 g/mol. The van der Waals surface area contributed by atoms with Crippen LogP contribution in [0.1, 0.15) is 18.9 Å². The molecule has 0 saturated heterocycles. The molecule has 80 valence electrons. The summed E-state index contributed by atoms with van der Waals surface area (Å²) in [6.45, 7) is 2.82. The van der Waals surface area contributed by atoms with Crippen LogP contribution in [0.4, 0.5) is 5.82 Å².